The summed E-state index contributed by atoms with van der Waals surface area (Å²) in [4.78, 5) is 24.8. The molecule has 1 aliphatic heterocycles. The van der Waals surface area contributed by atoms with Crippen molar-refractivity contribution < 1.29 is 19.1 Å². The molecule has 2 N–H and O–H groups in total. The molecule has 138 valence electrons. The van der Waals surface area contributed by atoms with Crippen molar-refractivity contribution in [3.05, 3.63) is 23.8 Å². The van der Waals surface area contributed by atoms with Crippen molar-refractivity contribution in [2.75, 3.05) is 13.3 Å². The first kappa shape index (κ1) is 16.0. The van der Waals surface area contributed by atoms with Crippen LogP contribution in [0.15, 0.2) is 18.2 Å². The number of fused-ring (bicyclic) bond motifs is 1. The highest BCUT2D eigenvalue weighted by Crippen LogP contribution is 2.55. The number of nitrogens with one attached hydrogen (secondary N) is 2. The summed E-state index contributed by atoms with van der Waals surface area (Å²) in [7, 11) is 0. The molecular weight excluding hydrogens is 332 g/mol. The van der Waals surface area contributed by atoms with E-state index >= 15 is 0 Å². The van der Waals surface area contributed by atoms with Gasteiger partial charge in [0, 0.05) is 11.1 Å². The molecule has 1 aromatic carbocycles. The van der Waals surface area contributed by atoms with Crippen LogP contribution in [0.1, 0.15) is 48.9 Å². The zero-order valence-corrected chi connectivity index (χ0v) is 14.8. The SMILES string of the molecule is O=C(CNC(=O)c1ccc2c(c1)OCO2)NC12CC3CC(CC(C3)C1)C2. The van der Waals surface area contributed by atoms with Gasteiger partial charge in [-0.05, 0) is 74.5 Å². The average Bonchev–Trinajstić information content (AvgIpc) is 3.05. The quantitative estimate of drug-likeness (QED) is 0.867. The normalized spacial score (nSPS) is 33.2. The summed E-state index contributed by atoms with van der Waals surface area (Å²) in [6.07, 6.45) is 7.37. The topological polar surface area (TPSA) is 76.7 Å². The number of hydrogen-bond acceptors (Lipinski definition) is 4. The monoisotopic (exact) mass is 356 g/mol. The highest BCUT2D eigenvalue weighted by molar-refractivity contribution is 5.97. The van der Waals surface area contributed by atoms with Gasteiger partial charge in [0.15, 0.2) is 11.5 Å². The maximum Gasteiger partial charge on any atom is 0.251 e. The minimum atomic E-state index is -0.274. The molecule has 6 nitrogen and oxygen atoms in total. The number of ether oxygens (including phenoxy) is 2. The molecule has 0 atom stereocenters. The summed E-state index contributed by atoms with van der Waals surface area (Å²) in [5.74, 6) is 3.20. The number of amides is 2. The molecule has 0 saturated heterocycles. The van der Waals surface area contributed by atoms with Gasteiger partial charge < -0.3 is 20.1 Å². The molecule has 4 saturated carbocycles. The maximum absolute atomic E-state index is 12.5. The molecule has 1 aromatic rings. The minimum Gasteiger partial charge on any atom is -0.454 e. The molecule has 0 unspecified atom stereocenters. The Labute approximate surface area is 152 Å². The Hall–Kier alpha value is -2.24. The van der Waals surface area contributed by atoms with E-state index in [1.54, 1.807) is 18.2 Å². The number of carbonyl (C=O) groups excluding carboxylic acids is 2. The highest BCUT2D eigenvalue weighted by atomic mass is 16.7. The predicted molar refractivity (Wildman–Crippen MR) is 93.9 cm³/mol. The number of hydrogen-bond donors (Lipinski definition) is 2. The van der Waals surface area contributed by atoms with Gasteiger partial charge in [0.05, 0.1) is 6.54 Å². The third-order valence-corrected chi connectivity index (χ3v) is 6.49. The van der Waals surface area contributed by atoms with Crippen molar-refractivity contribution in [3.8, 4) is 11.5 Å². The lowest BCUT2D eigenvalue weighted by molar-refractivity contribution is -0.125. The average molecular weight is 356 g/mol. The number of rotatable bonds is 4. The van der Waals surface area contributed by atoms with Crippen molar-refractivity contribution in [1.29, 1.82) is 0 Å². The number of carbonyl (C=O) groups is 2. The smallest absolute Gasteiger partial charge is 0.251 e. The minimum absolute atomic E-state index is 0.00895. The van der Waals surface area contributed by atoms with Crippen molar-refractivity contribution in [2.24, 2.45) is 17.8 Å². The zero-order valence-electron chi connectivity index (χ0n) is 14.8. The molecule has 4 aliphatic carbocycles. The Balaban J connectivity index is 1.18. The fourth-order valence-electron chi connectivity index (χ4n) is 5.90. The molecule has 6 rings (SSSR count). The van der Waals surface area contributed by atoms with Crippen LogP contribution in [0.25, 0.3) is 0 Å². The molecular formula is C20H24N2O4. The predicted octanol–water partition coefficient (Wildman–Crippen LogP) is 2.23. The molecule has 0 aromatic heterocycles. The van der Waals surface area contributed by atoms with Crippen LogP contribution in [0.5, 0.6) is 11.5 Å². The van der Waals surface area contributed by atoms with Gasteiger partial charge in [-0.3, -0.25) is 9.59 Å². The maximum atomic E-state index is 12.5. The Morgan fingerprint density at radius 3 is 2.35 bits per heavy atom. The van der Waals surface area contributed by atoms with Crippen LogP contribution in [0.2, 0.25) is 0 Å². The molecule has 4 fully saturated rings. The zero-order chi connectivity index (χ0) is 17.7. The third-order valence-electron chi connectivity index (χ3n) is 6.49. The van der Waals surface area contributed by atoms with Gasteiger partial charge >= 0.3 is 0 Å². The highest BCUT2D eigenvalue weighted by Gasteiger charge is 2.51. The van der Waals surface area contributed by atoms with Gasteiger partial charge in [-0.15, -0.1) is 0 Å². The largest absolute Gasteiger partial charge is 0.454 e. The first-order valence-corrected chi connectivity index (χ1v) is 9.57. The van der Waals surface area contributed by atoms with E-state index in [1.807, 2.05) is 0 Å². The van der Waals surface area contributed by atoms with Crippen molar-refractivity contribution in [1.82, 2.24) is 10.6 Å². The van der Waals surface area contributed by atoms with E-state index in [0.29, 0.717) is 17.1 Å². The van der Waals surface area contributed by atoms with Crippen molar-refractivity contribution >= 4 is 11.8 Å². The van der Waals surface area contributed by atoms with Crippen molar-refractivity contribution in [3.63, 3.8) is 0 Å². The van der Waals surface area contributed by atoms with Crippen LogP contribution >= 0.6 is 0 Å². The first-order valence-electron chi connectivity index (χ1n) is 9.57. The molecule has 6 heteroatoms. The van der Waals surface area contributed by atoms with E-state index in [2.05, 4.69) is 10.6 Å². The van der Waals surface area contributed by atoms with Crippen LogP contribution in [0.4, 0.5) is 0 Å². The van der Waals surface area contributed by atoms with Gasteiger partial charge in [0.2, 0.25) is 12.7 Å². The lowest BCUT2D eigenvalue weighted by Gasteiger charge is -2.56. The summed E-state index contributed by atoms with van der Waals surface area (Å²) in [5.41, 5.74) is 0.451. The van der Waals surface area contributed by atoms with Gasteiger partial charge in [-0.1, -0.05) is 0 Å². The molecule has 0 spiro atoms. The lowest BCUT2D eigenvalue weighted by atomic mass is 9.53. The van der Waals surface area contributed by atoms with E-state index in [1.165, 1.54) is 19.3 Å². The van der Waals surface area contributed by atoms with Crippen LogP contribution in [-0.2, 0) is 4.79 Å². The lowest BCUT2D eigenvalue weighted by Crippen LogP contribution is -2.61. The second-order valence-electron chi connectivity index (χ2n) is 8.50. The standard InChI is InChI=1S/C20H24N2O4/c23-18(22-20-7-12-3-13(8-20)5-14(4-12)9-20)10-21-19(24)15-1-2-16-17(6-15)26-11-25-16/h1-2,6,12-14H,3-5,7-11H2,(H,21,24)(H,22,23). The van der Waals surface area contributed by atoms with Crippen LogP contribution in [-0.4, -0.2) is 30.7 Å². The Morgan fingerprint density at radius 1 is 1.00 bits per heavy atom. The second kappa shape index (κ2) is 5.89. The van der Waals surface area contributed by atoms with Gasteiger partial charge in [-0.2, -0.15) is 0 Å². The van der Waals surface area contributed by atoms with Crippen LogP contribution < -0.4 is 20.1 Å². The van der Waals surface area contributed by atoms with Crippen LogP contribution in [0.3, 0.4) is 0 Å². The molecule has 4 bridgehead atoms. The summed E-state index contributed by atoms with van der Waals surface area (Å²) < 4.78 is 10.5. The van der Waals surface area contributed by atoms with Gasteiger partial charge in [0.1, 0.15) is 0 Å². The summed E-state index contributed by atoms with van der Waals surface area (Å²) >= 11 is 0. The molecule has 1 heterocycles. The fourth-order valence-corrected chi connectivity index (χ4v) is 5.90. The van der Waals surface area contributed by atoms with Crippen molar-refractivity contribution in [2.45, 2.75) is 44.1 Å². The summed E-state index contributed by atoms with van der Waals surface area (Å²) in [6, 6.07) is 5.04. The third kappa shape index (κ3) is 2.81. The van der Waals surface area contributed by atoms with E-state index in [-0.39, 0.29) is 30.7 Å². The second-order valence-corrected chi connectivity index (χ2v) is 8.50. The van der Waals surface area contributed by atoms with Gasteiger partial charge in [0.25, 0.3) is 5.91 Å². The first-order chi connectivity index (χ1) is 12.6. The summed E-state index contributed by atoms with van der Waals surface area (Å²) in [6.45, 7) is 0.183. The molecule has 5 aliphatic rings. The number of benzene rings is 1. The van der Waals surface area contributed by atoms with Gasteiger partial charge in [-0.25, -0.2) is 0 Å². The Morgan fingerprint density at radius 2 is 1.65 bits per heavy atom. The molecule has 26 heavy (non-hydrogen) atoms. The Kier molecular flexibility index (Phi) is 3.62. The molecule has 0 radical (unpaired) electrons. The Bertz CT molecular complexity index is 725. The van der Waals surface area contributed by atoms with E-state index in [0.717, 1.165) is 37.0 Å². The molecule has 2 amide bonds. The van der Waals surface area contributed by atoms with E-state index in [9.17, 15) is 9.59 Å². The summed E-state index contributed by atoms with van der Waals surface area (Å²) in [5, 5.41) is 6.00. The van der Waals surface area contributed by atoms with E-state index < -0.39 is 0 Å². The van der Waals surface area contributed by atoms with E-state index in [4.69, 9.17) is 9.47 Å². The fraction of sp³-hybridized carbons (Fsp3) is 0.600. The van der Waals surface area contributed by atoms with Crippen LogP contribution in [0, 0.1) is 17.8 Å².